The Morgan fingerprint density at radius 2 is 2.57 bits per heavy atom. The minimum absolute atomic E-state index is 0.657. The van der Waals surface area contributed by atoms with E-state index >= 15 is 0 Å². The van der Waals surface area contributed by atoms with Crippen molar-refractivity contribution < 1.29 is 0 Å². The first-order valence-corrected chi connectivity index (χ1v) is 2.84. The number of hydrogen-bond acceptors (Lipinski definition) is 3. The van der Waals surface area contributed by atoms with Crippen molar-refractivity contribution >= 4 is 17.2 Å². The number of aryl methyl sites for hydroxylation is 1. The molecule has 1 aromatic heterocycles. The van der Waals surface area contributed by atoms with Crippen LogP contribution in [0.2, 0.25) is 0 Å². The second-order valence-electron chi connectivity index (χ2n) is 1.29. The molecule has 3 heteroatoms. The maximum Gasteiger partial charge on any atom is 0.137 e. The number of anilines is 1. The van der Waals surface area contributed by atoms with Crippen LogP contribution in [-0.2, 0) is 0 Å². The van der Waals surface area contributed by atoms with Gasteiger partial charge in [0, 0.05) is 4.88 Å². The van der Waals surface area contributed by atoms with Gasteiger partial charge in [0.1, 0.15) is 5.82 Å². The Morgan fingerprint density at radius 1 is 1.86 bits per heavy atom. The second-order valence-corrected chi connectivity index (χ2v) is 2.35. The second kappa shape index (κ2) is 1.50. The third-order valence-electron chi connectivity index (χ3n) is 0.782. The first-order chi connectivity index (χ1) is 3.30. The van der Waals surface area contributed by atoms with Gasteiger partial charge in [-0.15, -0.1) is 11.3 Å². The van der Waals surface area contributed by atoms with E-state index in [1.54, 1.807) is 16.8 Å². The van der Waals surface area contributed by atoms with Crippen LogP contribution in [0.25, 0.3) is 0 Å². The molecule has 2 nitrogen and oxygen atoms in total. The summed E-state index contributed by atoms with van der Waals surface area (Å²) in [6.07, 6.45) is 0. The van der Waals surface area contributed by atoms with Gasteiger partial charge in [-0.25, -0.2) is 4.98 Å². The molecule has 0 bridgehead atoms. The number of nitrogens with zero attached hydrogens (tertiary/aromatic N) is 1. The van der Waals surface area contributed by atoms with Crippen LogP contribution in [-0.4, -0.2) is 4.98 Å². The van der Waals surface area contributed by atoms with E-state index in [1.165, 1.54) is 0 Å². The van der Waals surface area contributed by atoms with E-state index in [1.807, 2.05) is 6.92 Å². The molecule has 0 aliphatic carbocycles. The van der Waals surface area contributed by atoms with Crippen molar-refractivity contribution in [3.8, 4) is 0 Å². The molecule has 0 unspecified atom stereocenters. The predicted octanol–water partition coefficient (Wildman–Crippen LogP) is 1.03. The summed E-state index contributed by atoms with van der Waals surface area (Å²) < 4.78 is 0. The van der Waals surface area contributed by atoms with Crippen molar-refractivity contribution in [1.82, 2.24) is 4.98 Å². The van der Waals surface area contributed by atoms with Crippen LogP contribution in [0, 0.1) is 6.92 Å². The summed E-state index contributed by atoms with van der Waals surface area (Å²) >= 11 is 1.57. The molecule has 1 rings (SSSR count). The van der Waals surface area contributed by atoms with Crippen LogP contribution >= 0.6 is 11.3 Å². The quantitative estimate of drug-likeness (QED) is 0.547. The van der Waals surface area contributed by atoms with Gasteiger partial charge in [-0.3, -0.25) is 0 Å². The lowest BCUT2D eigenvalue weighted by atomic mass is 10.6. The fourth-order valence-corrected chi connectivity index (χ4v) is 0.811. The van der Waals surface area contributed by atoms with E-state index in [0.29, 0.717) is 5.82 Å². The van der Waals surface area contributed by atoms with Crippen molar-refractivity contribution in [1.29, 1.82) is 0 Å². The van der Waals surface area contributed by atoms with E-state index in [0.717, 1.165) is 4.88 Å². The van der Waals surface area contributed by atoms with E-state index in [-0.39, 0.29) is 0 Å². The lowest BCUT2D eigenvalue weighted by Gasteiger charge is -1.78. The zero-order valence-corrected chi connectivity index (χ0v) is 4.83. The molecule has 0 saturated heterocycles. The van der Waals surface area contributed by atoms with Gasteiger partial charge in [-0.1, -0.05) is 0 Å². The average Bonchev–Trinajstić information content (AvgIpc) is 1.91. The molecule has 7 heavy (non-hydrogen) atoms. The summed E-state index contributed by atoms with van der Waals surface area (Å²) in [4.78, 5) is 4.91. The van der Waals surface area contributed by atoms with Crippen LogP contribution in [0.5, 0.6) is 0 Å². The highest BCUT2D eigenvalue weighted by molar-refractivity contribution is 7.10. The highest BCUT2D eigenvalue weighted by Gasteiger charge is 1.89. The Labute approximate surface area is 46.0 Å². The largest absolute Gasteiger partial charge is 0.383 e. The zero-order chi connectivity index (χ0) is 5.28. The minimum atomic E-state index is 0.657. The SMILES string of the molecule is Cc1scnc1N. The smallest absolute Gasteiger partial charge is 0.137 e. The highest BCUT2D eigenvalue weighted by Crippen LogP contribution is 2.11. The van der Waals surface area contributed by atoms with Gasteiger partial charge in [-0.05, 0) is 6.92 Å². The van der Waals surface area contributed by atoms with Gasteiger partial charge in [0.25, 0.3) is 0 Å². The predicted molar refractivity (Wildman–Crippen MR) is 31.3 cm³/mol. The third-order valence-corrected chi connectivity index (χ3v) is 1.56. The van der Waals surface area contributed by atoms with Gasteiger partial charge in [0.05, 0.1) is 5.51 Å². The van der Waals surface area contributed by atoms with Crippen LogP contribution in [0.1, 0.15) is 4.88 Å². The number of nitrogen functional groups attached to an aromatic ring is 1. The summed E-state index contributed by atoms with van der Waals surface area (Å²) in [5.74, 6) is 0.657. The van der Waals surface area contributed by atoms with Gasteiger partial charge >= 0.3 is 0 Å². The topological polar surface area (TPSA) is 38.9 Å². The maximum atomic E-state index is 5.34. The van der Waals surface area contributed by atoms with Crippen LogP contribution in [0.3, 0.4) is 0 Å². The Bertz CT molecular complexity index is 142. The number of rotatable bonds is 0. The van der Waals surface area contributed by atoms with Gasteiger partial charge in [0.15, 0.2) is 0 Å². The Kier molecular flexibility index (Phi) is 0.982. The van der Waals surface area contributed by atoms with Crippen molar-refractivity contribution in [2.75, 3.05) is 5.73 Å². The van der Waals surface area contributed by atoms with E-state index in [4.69, 9.17) is 5.73 Å². The molecule has 0 radical (unpaired) electrons. The highest BCUT2D eigenvalue weighted by atomic mass is 32.1. The summed E-state index contributed by atoms with van der Waals surface area (Å²) in [6.45, 7) is 1.95. The zero-order valence-electron chi connectivity index (χ0n) is 4.01. The molecule has 0 spiro atoms. The first kappa shape index (κ1) is 4.59. The van der Waals surface area contributed by atoms with E-state index in [9.17, 15) is 0 Å². The Balaban J connectivity index is 3.12. The fraction of sp³-hybridized carbons (Fsp3) is 0.250. The molecular formula is C4H6N2S. The number of hydrogen-bond donors (Lipinski definition) is 1. The summed E-state index contributed by atoms with van der Waals surface area (Å²) in [6, 6.07) is 0. The lowest BCUT2D eigenvalue weighted by Crippen LogP contribution is -1.83. The van der Waals surface area contributed by atoms with Gasteiger partial charge < -0.3 is 5.73 Å². The van der Waals surface area contributed by atoms with Crippen LogP contribution in [0.15, 0.2) is 5.51 Å². The molecule has 0 aliphatic rings. The molecule has 0 amide bonds. The molecule has 1 aromatic rings. The molecule has 0 saturated carbocycles. The lowest BCUT2D eigenvalue weighted by molar-refractivity contribution is 1.39. The summed E-state index contributed by atoms with van der Waals surface area (Å²) in [7, 11) is 0. The average molecular weight is 114 g/mol. The van der Waals surface area contributed by atoms with Crippen LogP contribution in [0.4, 0.5) is 5.82 Å². The van der Waals surface area contributed by atoms with Crippen molar-refractivity contribution in [3.63, 3.8) is 0 Å². The normalized spacial score (nSPS) is 9.29. The fourth-order valence-electron chi connectivity index (χ4n) is 0.313. The van der Waals surface area contributed by atoms with E-state index in [2.05, 4.69) is 4.98 Å². The maximum absolute atomic E-state index is 5.34. The molecule has 1 heterocycles. The van der Waals surface area contributed by atoms with Crippen LogP contribution < -0.4 is 5.73 Å². The molecule has 0 fully saturated rings. The van der Waals surface area contributed by atoms with Gasteiger partial charge in [-0.2, -0.15) is 0 Å². The molecular weight excluding hydrogens is 108 g/mol. The summed E-state index contributed by atoms with van der Waals surface area (Å²) in [5.41, 5.74) is 7.08. The Hall–Kier alpha value is -0.570. The van der Waals surface area contributed by atoms with Crippen molar-refractivity contribution in [2.45, 2.75) is 6.92 Å². The first-order valence-electron chi connectivity index (χ1n) is 1.96. The summed E-state index contributed by atoms with van der Waals surface area (Å²) in [5, 5.41) is 0. The van der Waals surface area contributed by atoms with Crippen molar-refractivity contribution in [3.05, 3.63) is 10.4 Å². The standard InChI is InChI=1S/C4H6N2S/c1-3-4(5)6-2-7-3/h2H,5H2,1H3. The number of thiazole rings is 1. The number of nitrogens with two attached hydrogens (primary N) is 1. The molecule has 0 aromatic carbocycles. The third kappa shape index (κ3) is 0.718. The molecule has 38 valence electrons. The Morgan fingerprint density at radius 3 is 2.71 bits per heavy atom. The molecule has 0 aliphatic heterocycles. The number of aromatic nitrogens is 1. The van der Waals surface area contributed by atoms with Crippen molar-refractivity contribution in [2.24, 2.45) is 0 Å². The molecule has 2 N–H and O–H groups in total. The van der Waals surface area contributed by atoms with Gasteiger partial charge in [0.2, 0.25) is 0 Å². The molecule has 0 atom stereocenters. The minimum Gasteiger partial charge on any atom is -0.383 e. The van der Waals surface area contributed by atoms with E-state index < -0.39 is 0 Å². The monoisotopic (exact) mass is 114 g/mol.